The summed E-state index contributed by atoms with van der Waals surface area (Å²) >= 11 is 0. The van der Waals surface area contributed by atoms with Crippen molar-refractivity contribution in [3.63, 3.8) is 0 Å². The minimum absolute atomic E-state index is 0.0127. The Morgan fingerprint density at radius 2 is 2.33 bits per heavy atom. The summed E-state index contributed by atoms with van der Waals surface area (Å²) in [4.78, 5) is 12.8. The van der Waals surface area contributed by atoms with Gasteiger partial charge in [-0.1, -0.05) is 19.4 Å². The molecule has 0 aliphatic carbocycles. The molecule has 1 aliphatic rings. The van der Waals surface area contributed by atoms with Gasteiger partial charge >= 0.3 is 0 Å². The van der Waals surface area contributed by atoms with Crippen LogP contribution >= 0.6 is 0 Å². The molecule has 1 aromatic carbocycles. The molecule has 1 saturated heterocycles. The van der Waals surface area contributed by atoms with Crippen molar-refractivity contribution in [3.05, 3.63) is 33.9 Å². The molecular formula is C13H19N3O2. The van der Waals surface area contributed by atoms with Crippen molar-refractivity contribution < 1.29 is 4.92 Å². The maximum absolute atomic E-state index is 10.8. The van der Waals surface area contributed by atoms with Crippen LogP contribution in [0.15, 0.2) is 18.2 Å². The van der Waals surface area contributed by atoms with Crippen molar-refractivity contribution in [1.82, 2.24) is 4.90 Å². The van der Waals surface area contributed by atoms with E-state index < -0.39 is 4.92 Å². The third-order valence-electron chi connectivity index (χ3n) is 3.65. The number of likely N-dealkylation sites (tertiary alicyclic amines) is 1. The van der Waals surface area contributed by atoms with Crippen molar-refractivity contribution in [1.29, 1.82) is 0 Å². The van der Waals surface area contributed by atoms with Gasteiger partial charge in [0, 0.05) is 19.2 Å². The lowest BCUT2D eigenvalue weighted by Gasteiger charge is -2.15. The van der Waals surface area contributed by atoms with Crippen LogP contribution in [0.2, 0.25) is 0 Å². The van der Waals surface area contributed by atoms with Crippen molar-refractivity contribution in [2.45, 2.75) is 26.3 Å². The van der Waals surface area contributed by atoms with Crippen LogP contribution in [0.5, 0.6) is 0 Å². The second-order valence-corrected chi connectivity index (χ2v) is 4.95. The molecular weight excluding hydrogens is 230 g/mol. The molecule has 0 bridgehead atoms. The molecule has 1 aromatic rings. The Balaban J connectivity index is 2.06. The minimum Gasteiger partial charge on any atom is -0.393 e. The third kappa shape index (κ3) is 2.79. The molecule has 0 aromatic heterocycles. The average Bonchev–Trinajstić information content (AvgIpc) is 2.79. The van der Waals surface area contributed by atoms with Crippen LogP contribution in [0.3, 0.4) is 0 Å². The fourth-order valence-electron chi connectivity index (χ4n) is 2.49. The molecule has 98 valence electrons. The number of nitrogen functional groups attached to an aromatic ring is 1. The summed E-state index contributed by atoms with van der Waals surface area (Å²) in [6, 6.07) is 5.09. The minimum atomic E-state index is -0.419. The number of hydrogen-bond acceptors (Lipinski definition) is 4. The van der Waals surface area contributed by atoms with Crippen LogP contribution in [0.4, 0.5) is 11.4 Å². The average molecular weight is 249 g/mol. The molecule has 18 heavy (non-hydrogen) atoms. The van der Waals surface area contributed by atoms with Gasteiger partial charge in [0.1, 0.15) is 5.69 Å². The van der Waals surface area contributed by atoms with Gasteiger partial charge in [-0.2, -0.15) is 0 Å². The van der Waals surface area contributed by atoms with Crippen LogP contribution in [-0.2, 0) is 6.54 Å². The first-order valence-electron chi connectivity index (χ1n) is 6.35. The number of nitro groups is 1. The first-order chi connectivity index (χ1) is 8.60. The highest BCUT2D eigenvalue weighted by atomic mass is 16.6. The van der Waals surface area contributed by atoms with Gasteiger partial charge in [-0.25, -0.2) is 0 Å². The van der Waals surface area contributed by atoms with E-state index in [1.54, 1.807) is 12.1 Å². The Hall–Kier alpha value is -1.62. The number of anilines is 1. The molecule has 1 atom stereocenters. The summed E-state index contributed by atoms with van der Waals surface area (Å²) in [6.07, 6.45) is 2.44. The van der Waals surface area contributed by atoms with E-state index in [2.05, 4.69) is 11.8 Å². The predicted molar refractivity (Wildman–Crippen MR) is 71.2 cm³/mol. The first-order valence-corrected chi connectivity index (χ1v) is 6.35. The predicted octanol–water partition coefficient (Wildman–Crippen LogP) is 2.41. The molecule has 1 unspecified atom stereocenters. The molecule has 2 N–H and O–H groups in total. The Labute approximate surface area is 107 Å². The van der Waals surface area contributed by atoms with Gasteiger partial charge < -0.3 is 5.73 Å². The van der Waals surface area contributed by atoms with E-state index in [0.29, 0.717) is 0 Å². The fraction of sp³-hybridized carbons (Fsp3) is 0.538. The summed E-state index contributed by atoms with van der Waals surface area (Å²) in [6.45, 7) is 5.16. The quantitative estimate of drug-likeness (QED) is 0.505. The lowest BCUT2D eigenvalue weighted by atomic mass is 10.1. The number of hydrogen-bond donors (Lipinski definition) is 1. The maximum atomic E-state index is 10.8. The van der Waals surface area contributed by atoms with Crippen LogP contribution < -0.4 is 5.73 Å². The number of nitrogens with zero attached hydrogens (tertiary/aromatic N) is 2. The zero-order chi connectivity index (χ0) is 13.1. The molecule has 5 nitrogen and oxygen atoms in total. The van der Waals surface area contributed by atoms with Crippen LogP contribution in [0.25, 0.3) is 0 Å². The highest BCUT2D eigenvalue weighted by Crippen LogP contribution is 2.25. The molecule has 5 heteroatoms. The Morgan fingerprint density at radius 1 is 1.56 bits per heavy atom. The number of benzene rings is 1. The Kier molecular flexibility index (Phi) is 3.81. The van der Waals surface area contributed by atoms with Gasteiger partial charge in [0.2, 0.25) is 0 Å². The van der Waals surface area contributed by atoms with E-state index in [1.165, 1.54) is 12.8 Å². The summed E-state index contributed by atoms with van der Waals surface area (Å²) in [7, 11) is 0. The van der Waals surface area contributed by atoms with Crippen LogP contribution in [-0.4, -0.2) is 22.9 Å². The molecule has 0 saturated carbocycles. The summed E-state index contributed by atoms with van der Waals surface area (Å²) in [5, 5.41) is 10.8. The van der Waals surface area contributed by atoms with Gasteiger partial charge in [-0.05, 0) is 30.5 Å². The van der Waals surface area contributed by atoms with Crippen LogP contribution in [0, 0.1) is 16.0 Å². The van der Waals surface area contributed by atoms with Gasteiger partial charge in [0.15, 0.2) is 0 Å². The van der Waals surface area contributed by atoms with E-state index in [-0.39, 0.29) is 11.4 Å². The highest BCUT2D eigenvalue weighted by Gasteiger charge is 2.21. The zero-order valence-corrected chi connectivity index (χ0v) is 10.6. The topological polar surface area (TPSA) is 72.4 Å². The van der Waals surface area contributed by atoms with Crippen molar-refractivity contribution in [2.24, 2.45) is 5.92 Å². The van der Waals surface area contributed by atoms with Gasteiger partial charge in [-0.3, -0.25) is 15.0 Å². The molecule has 2 rings (SSSR count). The molecule has 0 spiro atoms. The smallest absolute Gasteiger partial charge is 0.292 e. The normalized spacial score (nSPS) is 20.2. The van der Waals surface area contributed by atoms with Gasteiger partial charge in [0.05, 0.1) is 4.92 Å². The monoisotopic (exact) mass is 249 g/mol. The summed E-state index contributed by atoms with van der Waals surface area (Å²) in [5.41, 5.74) is 6.80. The Bertz CT molecular complexity index is 448. The number of nitrogens with two attached hydrogens (primary N) is 1. The second kappa shape index (κ2) is 5.35. The largest absolute Gasteiger partial charge is 0.393 e. The van der Waals surface area contributed by atoms with Gasteiger partial charge in [0.25, 0.3) is 5.69 Å². The second-order valence-electron chi connectivity index (χ2n) is 4.95. The number of rotatable bonds is 4. The van der Waals surface area contributed by atoms with E-state index in [4.69, 9.17) is 5.73 Å². The standard InChI is InChI=1S/C13H19N3O2/c1-2-10-5-6-15(8-10)9-11-3-4-12(14)13(7-11)16(17)18/h3-4,7,10H,2,5-6,8-9,14H2,1H3. The lowest BCUT2D eigenvalue weighted by molar-refractivity contribution is -0.384. The Morgan fingerprint density at radius 3 is 2.94 bits per heavy atom. The van der Waals surface area contributed by atoms with Crippen molar-refractivity contribution in [2.75, 3.05) is 18.8 Å². The maximum Gasteiger partial charge on any atom is 0.292 e. The SMILES string of the molecule is CCC1CCN(Cc2ccc(N)c([N+](=O)[O-])c2)C1. The summed E-state index contributed by atoms with van der Waals surface area (Å²) < 4.78 is 0. The van der Waals surface area contributed by atoms with Crippen molar-refractivity contribution in [3.8, 4) is 0 Å². The van der Waals surface area contributed by atoms with E-state index >= 15 is 0 Å². The molecule has 1 aliphatic heterocycles. The van der Waals surface area contributed by atoms with Crippen LogP contribution in [0.1, 0.15) is 25.3 Å². The molecule has 0 radical (unpaired) electrons. The van der Waals surface area contributed by atoms with E-state index in [9.17, 15) is 10.1 Å². The van der Waals surface area contributed by atoms with Gasteiger partial charge in [-0.15, -0.1) is 0 Å². The van der Waals surface area contributed by atoms with E-state index in [0.717, 1.165) is 31.1 Å². The molecule has 1 heterocycles. The van der Waals surface area contributed by atoms with Crippen molar-refractivity contribution >= 4 is 11.4 Å². The first kappa shape index (κ1) is 12.8. The fourth-order valence-corrected chi connectivity index (χ4v) is 2.49. The third-order valence-corrected chi connectivity index (χ3v) is 3.65. The zero-order valence-electron chi connectivity index (χ0n) is 10.6. The summed E-state index contributed by atoms with van der Waals surface area (Å²) in [5.74, 6) is 0.772. The lowest BCUT2D eigenvalue weighted by Crippen LogP contribution is -2.20. The number of nitro benzene ring substituents is 1. The highest BCUT2D eigenvalue weighted by molar-refractivity contribution is 5.59. The van der Waals surface area contributed by atoms with E-state index in [1.807, 2.05) is 6.07 Å². The molecule has 1 fully saturated rings. The molecule has 0 amide bonds.